The number of nitrogens with one attached hydrogen (secondary N) is 1. The third-order valence-electron chi connectivity index (χ3n) is 3.83. The number of piperidine rings is 1. The summed E-state index contributed by atoms with van der Waals surface area (Å²) in [6, 6.07) is 0.836. The number of hydrazine groups is 1. The van der Waals surface area contributed by atoms with Gasteiger partial charge >= 0.3 is 0 Å². The van der Waals surface area contributed by atoms with Gasteiger partial charge in [-0.2, -0.15) is 0 Å². The summed E-state index contributed by atoms with van der Waals surface area (Å²) >= 11 is 0. The van der Waals surface area contributed by atoms with Crippen LogP contribution in [-0.2, 0) is 0 Å². The quantitative estimate of drug-likeness (QED) is 0.686. The first kappa shape index (κ1) is 11.3. The van der Waals surface area contributed by atoms with Crippen molar-refractivity contribution in [1.82, 2.24) is 20.2 Å². The minimum absolute atomic E-state index is 0.836. The van der Waals surface area contributed by atoms with E-state index in [1.165, 1.54) is 52.1 Å². The predicted octanol–water partition coefficient (Wildman–Crippen LogP) is -0.167. The Morgan fingerprint density at radius 3 is 2.07 bits per heavy atom. The van der Waals surface area contributed by atoms with E-state index in [0.717, 1.165) is 6.04 Å². The molecule has 0 saturated carbocycles. The van der Waals surface area contributed by atoms with Gasteiger partial charge in [0.2, 0.25) is 0 Å². The second kappa shape index (κ2) is 5.25. The second-order valence-corrected chi connectivity index (χ2v) is 4.78. The molecule has 0 unspecified atom stereocenters. The van der Waals surface area contributed by atoms with Gasteiger partial charge in [0.25, 0.3) is 0 Å². The summed E-state index contributed by atoms with van der Waals surface area (Å²) in [5.74, 6) is 0. The Kier molecular flexibility index (Phi) is 3.97. The van der Waals surface area contributed by atoms with Gasteiger partial charge in [0.05, 0.1) is 0 Å². The Bertz CT molecular complexity index is 181. The van der Waals surface area contributed by atoms with Crippen LogP contribution in [0.15, 0.2) is 0 Å². The highest BCUT2D eigenvalue weighted by Crippen LogP contribution is 2.16. The second-order valence-electron chi connectivity index (χ2n) is 4.78. The zero-order valence-electron chi connectivity index (χ0n) is 10.1. The zero-order valence-corrected chi connectivity index (χ0v) is 10.1. The highest BCUT2D eigenvalue weighted by molar-refractivity contribution is 4.81. The van der Waals surface area contributed by atoms with Crippen LogP contribution in [0.25, 0.3) is 0 Å². The number of nitrogens with zero attached hydrogens (tertiary/aromatic N) is 3. The van der Waals surface area contributed by atoms with Gasteiger partial charge in [-0.3, -0.25) is 10.3 Å². The summed E-state index contributed by atoms with van der Waals surface area (Å²) in [6.45, 7) is 7.42. The molecule has 2 fully saturated rings. The van der Waals surface area contributed by atoms with E-state index in [4.69, 9.17) is 0 Å². The standard InChI is InChI=1S/C11H24N4/c1-12-15-5-3-11(4-6-15)14-9-7-13(2)8-10-14/h11-12H,3-10H2,1-2H3. The molecule has 0 amide bonds. The Hall–Kier alpha value is -0.160. The molecule has 0 aromatic carbocycles. The fourth-order valence-corrected chi connectivity index (χ4v) is 2.64. The topological polar surface area (TPSA) is 21.8 Å². The molecule has 2 rings (SSSR count). The molecule has 0 bridgehead atoms. The molecule has 88 valence electrons. The van der Waals surface area contributed by atoms with Crippen molar-refractivity contribution in [3.05, 3.63) is 0 Å². The van der Waals surface area contributed by atoms with Crippen molar-refractivity contribution in [2.24, 2.45) is 0 Å². The number of hydrogen-bond acceptors (Lipinski definition) is 4. The lowest BCUT2D eigenvalue weighted by Crippen LogP contribution is -2.53. The van der Waals surface area contributed by atoms with Crippen molar-refractivity contribution in [3.8, 4) is 0 Å². The Balaban J connectivity index is 1.75. The van der Waals surface area contributed by atoms with E-state index < -0.39 is 0 Å². The smallest absolute Gasteiger partial charge is 0.0145 e. The number of hydrogen-bond donors (Lipinski definition) is 1. The summed E-state index contributed by atoms with van der Waals surface area (Å²) < 4.78 is 0. The molecule has 0 aromatic rings. The van der Waals surface area contributed by atoms with Crippen LogP contribution in [-0.4, -0.2) is 74.2 Å². The first-order chi connectivity index (χ1) is 7.29. The van der Waals surface area contributed by atoms with Crippen LogP contribution in [0.5, 0.6) is 0 Å². The molecule has 4 heteroatoms. The summed E-state index contributed by atoms with van der Waals surface area (Å²) in [5.41, 5.74) is 3.24. The summed E-state index contributed by atoms with van der Waals surface area (Å²) in [6.07, 6.45) is 2.65. The molecule has 15 heavy (non-hydrogen) atoms. The Morgan fingerprint density at radius 2 is 1.53 bits per heavy atom. The first-order valence-electron chi connectivity index (χ1n) is 6.14. The van der Waals surface area contributed by atoms with Crippen LogP contribution in [0.1, 0.15) is 12.8 Å². The summed E-state index contributed by atoms with van der Waals surface area (Å²) in [5, 5.41) is 2.33. The van der Waals surface area contributed by atoms with E-state index in [1.54, 1.807) is 0 Å². The van der Waals surface area contributed by atoms with Crippen LogP contribution in [0, 0.1) is 0 Å². The Morgan fingerprint density at radius 1 is 0.933 bits per heavy atom. The monoisotopic (exact) mass is 212 g/mol. The van der Waals surface area contributed by atoms with Gasteiger partial charge in [-0.25, -0.2) is 5.01 Å². The fourth-order valence-electron chi connectivity index (χ4n) is 2.64. The maximum atomic E-state index is 3.24. The van der Waals surface area contributed by atoms with Crippen LogP contribution >= 0.6 is 0 Å². The number of rotatable bonds is 2. The van der Waals surface area contributed by atoms with Gasteiger partial charge in [-0.15, -0.1) is 0 Å². The molecule has 0 aliphatic carbocycles. The molecule has 0 radical (unpaired) electrons. The van der Waals surface area contributed by atoms with E-state index in [2.05, 4.69) is 27.3 Å². The highest BCUT2D eigenvalue weighted by atomic mass is 15.5. The van der Waals surface area contributed by atoms with Gasteiger partial charge in [0.15, 0.2) is 0 Å². The van der Waals surface area contributed by atoms with Gasteiger partial charge in [0, 0.05) is 45.3 Å². The van der Waals surface area contributed by atoms with Crippen molar-refractivity contribution in [2.45, 2.75) is 18.9 Å². The summed E-state index contributed by atoms with van der Waals surface area (Å²) in [7, 11) is 4.25. The molecule has 2 aliphatic rings. The molecule has 0 spiro atoms. The van der Waals surface area contributed by atoms with E-state index in [-0.39, 0.29) is 0 Å². The average Bonchev–Trinajstić information content (AvgIpc) is 2.30. The van der Waals surface area contributed by atoms with Crippen molar-refractivity contribution in [3.63, 3.8) is 0 Å². The van der Waals surface area contributed by atoms with E-state index in [9.17, 15) is 0 Å². The number of piperazine rings is 1. The zero-order chi connectivity index (χ0) is 10.7. The minimum Gasteiger partial charge on any atom is -0.304 e. The average molecular weight is 212 g/mol. The van der Waals surface area contributed by atoms with E-state index in [0.29, 0.717) is 0 Å². The Labute approximate surface area is 93.2 Å². The molecular formula is C11H24N4. The van der Waals surface area contributed by atoms with Gasteiger partial charge in [-0.05, 0) is 26.9 Å². The van der Waals surface area contributed by atoms with Crippen LogP contribution in [0.3, 0.4) is 0 Å². The van der Waals surface area contributed by atoms with Crippen molar-refractivity contribution in [1.29, 1.82) is 0 Å². The van der Waals surface area contributed by atoms with Crippen molar-refractivity contribution < 1.29 is 0 Å². The van der Waals surface area contributed by atoms with E-state index >= 15 is 0 Å². The molecule has 2 saturated heterocycles. The highest BCUT2D eigenvalue weighted by Gasteiger charge is 2.25. The molecular weight excluding hydrogens is 188 g/mol. The van der Waals surface area contributed by atoms with Crippen molar-refractivity contribution in [2.75, 3.05) is 53.4 Å². The molecule has 4 nitrogen and oxygen atoms in total. The van der Waals surface area contributed by atoms with Crippen LogP contribution < -0.4 is 5.43 Å². The lowest BCUT2D eigenvalue weighted by Gasteiger charge is -2.41. The lowest BCUT2D eigenvalue weighted by atomic mass is 10.0. The molecule has 2 aliphatic heterocycles. The molecule has 1 N–H and O–H groups in total. The first-order valence-corrected chi connectivity index (χ1v) is 6.14. The molecule has 2 heterocycles. The largest absolute Gasteiger partial charge is 0.304 e. The third kappa shape index (κ3) is 2.91. The normalized spacial score (nSPS) is 28.4. The fraction of sp³-hybridized carbons (Fsp3) is 1.00. The summed E-state index contributed by atoms with van der Waals surface area (Å²) in [4.78, 5) is 5.12. The molecule has 0 atom stereocenters. The predicted molar refractivity (Wildman–Crippen MR) is 62.7 cm³/mol. The maximum Gasteiger partial charge on any atom is 0.0145 e. The third-order valence-corrected chi connectivity index (χ3v) is 3.83. The maximum absolute atomic E-state index is 3.24. The van der Waals surface area contributed by atoms with Crippen molar-refractivity contribution >= 4 is 0 Å². The van der Waals surface area contributed by atoms with Gasteiger partial charge in [-0.1, -0.05) is 0 Å². The SMILES string of the molecule is CNN1CCC(N2CCN(C)CC2)CC1. The molecule has 0 aromatic heterocycles. The van der Waals surface area contributed by atoms with Gasteiger partial charge in [0.1, 0.15) is 0 Å². The van der Waals surface area contributed by atoms with Crippen LogP contribution in [0.2, 0.25) is 0 Å². The van der Waals surface area contributed by atoms with Gasteiger partial charge < -0.3 is 4.90 Å². The lowest BCUT2D eigenvalue weighted by molar-refractivity contribution is 0.0548. The number of likely N-dealkylation sites (N-methyl/N-ethyl adjacent to an activating group) is 1. The van der Waals surface area contributed by atoms with Crippen LogP contribution in [0.4, 0.5) is 0 Å². The minimum atomic E-state index is 0.836. The van der Waals surface area contributed by atoms with E-state index in [1.807, 2.05) is 7.05 Å².